The Morgan fingerprint density at radius 3 is 2.39 bits per heavy atom. The second-order valence-corrected chi connectivity index (χ2v) is 8.31. The molecule has 0 saturated carbocycles. The van der Waals surface area contributed by atoms with Crippen molar-refractivity contribution in [3.63, 3.8) is 0 Å². The molecule has 3 aliphatic rings. The van der Waals surface area contributed by atoms with Gasteiger partial charge in [0.1, 0.15) is 6.04 Å². The van der Waals surface area contributed by atoms with Crippen LogP contribution in [0.25, 0.3) is 5.57 Å². The molecule has 0 bridgehead atoms. The molecule has 2 fully saturated rings. The van der Waals surface area contributed by atoms with Crippen LogP contribution in [0.3, 0.4) is 0 Å². The van der Waals surface area contributed by atoms with Gasteiger partial charge in [-0.2, -0.15) is 0 Å². The molecule has 6 nitrogen and oxygen atoms in total. The zero-order chi connectivity index (χ0) is 21.7. The minimum atomic E-state index is -0.730. The summed E-state index contributed by atoms with van der Waals surface area (Å²) in [4.78, 5) is 43.8. The Morgan fingerprint density at radius 1 is 0.968 bits per heavy atom. The summed E-state index contributed by atoms with van der Waals surface area (Å²) in [6, 6.07) is 15.9. The van der Waals surface area contributed by atoms with Gasteiger partial charge in [0.15, 0.2) is 5.78 Å². The monoisotopic (exact) mass is 416 g/mol. The zero-order valence-corrected chi connectivity index (χ0v) is 17.5. The summed E-state index contributed by atoms with van der Waals surface area (Å²) in [6.45, 7) is 2.50. The van der Waals surface area contributed by atoms with Gasteiger partial charge >= 0.3 is 0 Å². The number of hydrogen-bond acceptors (Lipinski definition) is 5. The van der Waals surface area contributed by atoms with Crippen LogP contribution < -0.4 is 4.90 Å². The lowest BCUT2D eigenvalue weighted by Gasteiger charge is -2.38. The number of ether oxygens (including phenoxy) is 1. The number of anilines is 1. The van der Waals surface area contributed by atoms with E-state index in [1.54, 1.807) is 19.2 Å². The first-order valence-electron chi connectivity index (χ1n) is 10.5. The number of benzene rings is 2. The highest BCUT2D eigenvalue weighted by Crippen LogP contribution is 2.50. The number of carbonyl (C=O) groups is 3. The Balaban J connectivity index is 1.65. The predicted octanol–water partition coefficient (Wildman–Crippen LogP) is 2.79. The molecular weight excluding hydrogens is 392 g/mol. The molecular formula is C25H24N2O4. The molecule has 2 aromatic carbocycles. The second kappa shape index (κ2) is 7.46. The third kappa shape index (κ3) is 2.86. The molecule has 3 aliphatic heterocycles. The smallest absolute Gasteiger partial charge is 0.235 e. The Hall–Kier alpha value is -3.25. The molecule has 0 spiro atoms. The summed E-state index contributed by atoms with van der Waals surface area (Å²) in [5.41, 5.74) is 3.53. The first kappa shape index (κ1) is 19.7. The maximum Gasteiger partial charge on any atom is 0.235 e. The Morgan fingerprint density at radius 2 is 1.65 bits per heavy atom. The van der Waals surface area contributed by atoms with Crippen LogP contribution in [0, 0.1) is 11.8 Å². The van der Waals surface area contributed by atoms with Gasteiger partial charge in [-0.15, -0.1) is 0 Å². The molecule has 4 atom stereocenters. The minimum absolute atomic E-state index is 0.129. The number of fused-ring (bicyclic) bond motifs is 5. The lowest BCUT2D eigenvalue weighted by Crippen LogP contribution is -2.49. The second-order valence-electron chi connectivity index (χ2n) is 8.31. The van der Waals surface area contributed by atoms with Crippen molar-refractivity contribution in [1.82, 2.24) is 4.90 Å². The van der Waals surface area contributed by atoms with Crippen molar-refractivity contribution in [2.75, 3.05) is 25.2 Å². The number of hydrogen-bond donors (Lipinski definition) is 0. The standard InChI is InChI=1S/C25H24N2O4/c1-15-14-19-20-21(25(30)26(24(20)29)12-13-31-2)22(23(28)16-8-4-3-5-9-16)27(19)18-11-7-6-10-17(15)18/h3-11,14,19-22H,12-13H2,1-2H3/t19-,20-,21-,22-/m1/s1. The van der Waals surface area contributed by atoms with E-state index in [0.29, 0.717) is 5.56 Å². The average molecular weight is 416 g/mol. The summed E-state index contributed by atoms with van der Waals surface area (Å²) in [5.74, 6) is -1.91. The van der Waals surface area contributed by atoms with Crippen LogP contribution in [0.15, 0.2) is 60.7 Å². The molecule has 2 saturated heterocycles. The van der Waals surface area contributed by atoms with Gasteiger partial charge in [-0.1, -0.05) is 54.6 Å². The van der Waals surface area contributed by atoms with E-state index in [0.717, 1.165) is 16.8 Å². The van der Waals surface area contributed by atoms with E-state index in [1.165, 1.54) is 4.90 Å². The molecule has 2 amide bonds. The van der Waals surface area contributed by atoms with Crippen LogP contribution in [0.2, 0.25) is 0 Å². The molecule has 0 unspecified atom stereocenters. The molecule has 0 radical (unpaired) electrons. The third-order valence-electron chi connectivity index (χ3n) is 6.69. The Labute approximate surface area is 181 Å². The van der Waals surface area contributed by atoms with E-state index >= 15 is 0 Å². The normalized spacial score (nSPS) is 26.5. The molecule has 31 heavy (non-hydrogen) atoms. The molecule has 6 heteroatoms. The van der Waals surface area contributed by atoms with Crippen LogP contribution in [0.5, 0.6) is 0 Å². The first-order valence-corrected chi connectivity index (χ1v) is 10.5. The molecule has 158 valence electrons. The molecule has 0 aromatic heterocycles. The minimum Gasteiger partial charge on any atom is -0.383 e. The summed E-state index contributed by atoms with van der Waals surface area (Å²) >= 11 is 0. The molecule has 0 aliphatic carbocycles. The summed E-state index contributed by atoms with van der Waals surface area (Å²) in [5, 5.41) is 0. The number of ketones is 1. The van der Waals surface area contributed by atoms with Crippen molar-refractivity contribution in [3.8, 4) is 0 Å². The number of amides is 2. The number of nitrogens with zero attached hydrogens (tertiary/aromatic N) is 2. The van der Waals surface area contributed by atoms with Crippen molar-refractivity contribution < 1.29 is 19.1 Å². The fourth-order valence-electron chi connectivity index (χ4n) is 5.34. The molecule has 0 N–H and O–H groups in total. The number of allylic oxidation sites excluding steroid dienone is 1. The highest BCUT2D eigenvalue weighted by Gasteiger charge is 2.64. The maximum atomic E-state index is 13.7. The fraction of sp³-hybridized carbons (Fsp3) is 0.320. The van der Waals surface area contributed by atoms with Crippen molar-refractivity contribution in [2.45, 2.75) is 19.0 Å². The van der Waals surface area contributed by atoms with Gasteiger partial charge in [-0.05, 0) is 18.6 Å². The molecule has 2 aromatic rings. The van der Waals surface area contributed by atoms with Gasteiger partial charge < -0.3 is 9.64 Å². The van der Waals surface area contributed by atoms with E-state index in [9.17, 15) is 14.4 Å². The maximum absolute atomic E-state index is 13.7. The number of rotatable bonds is 5. The predicted molar refractivity (Wildman–Crippen MR) is 116 cm³/mol. The number of likely N-dealkylation sites (tertiary alicyclic amines) is 1. The van der Waals surface area contributed by atoms with E-state index in [4.69, 9.17) is 4.74 Å². The van der Waals surface area contributed by atoms with Gasteiger partial charge in [0.25, 0.3) is 0 Å². The fourth-order valence-corrected chi connectivity index (χ4v) is 5.34. The number of methoxy groups -OCH3 is 1. The van der Waals surface area contributed by atoms with E-state index in [1.807, 2.05) is 60.4 Å². The van der Waals surface area contributed by atoms with Gasteiger partial charge in [-0.3, -0.25) is 19.3 Å². The Bertz CT molecular complexity index is 1090. The highest BCUT2D eigenvalue weighted by atomic mass is 16.5. The number of imide groups is 1. The summed E-state index contributed by atoms with van der Waals surface area (Å²) in [7, 11) is 1.54. The largest absolute Gasteiger partial charge is 0.383 e. The van der Waals surface area contributed by atoms with Gasteiger partial charge in [0.05, 0.1) is 31.0 Å². The number of para-hydroxylation sites is 1. The third-order valence-corrected chi connectivity index (χ3v) is 6.69. The van der Waals surface area contributed by atoms with Crippen LogP contribution in [-0.4, -0.2) is 54.8 Å². The SMILES string of the molecule is COCCN1C(=O)[C@@H]2[C@H](C1=O)[C@H]1C=C(C)c3ccccc3N1[C@H]2C(=O)c1ccccc1. The molecule has 5 rings (SSSR count). The molecule has 3 heterocycles. The zero-order valence-electron chi connectivity index (χ0n) is 17.5. The number of carbonyl (C=O) groups excluding carboxylic acids is 3. The summed E-state index contributed by atoms with van der Waals surface area (Å²) < 4.78 is 5.10. The van der Waals surface area contributed by atoms with Crippen molar-refractivity contribution in [2.24, 2.45) is 11.8 Å². The van der Waals surface area contributed by atoms with Crippen molar-refractivity contribution >= 4 is 28.9 Å². The van der Waals surface area contributed by atoms with Gasteiger partial charge in [-0.25, -0.2) is 0 Å². The quantitative estimate of drug-likeness (QED) is 0.554. The van der Waals surface area contributed by atoms with Gasteiger partial charge in [0, 0.05) is 23.9 Å². The lowest BCUT2D eigenvalue weighted by atomic mass is 9.85. The van der Waals surface area contributed by atoms with E-state index < -0.39 is 17.9 Å². The van der Waals surface area contributed by atoms with Crippen LogP contribution in [0.1, 0.15) is 22.8 Å². The average Bonchev–Trinajstić information content (AvgIpc) is 3.25. The number of Topliss-reactive ketones (excluding diaryl/α,β-unsaturated/α-hetero) is 1. The van der Waals surface area contributed by atoms with Crippen LogP contribution in [0.4, 0.5) is 5.69 Å². The highest BCUT2D eigenvalue weighted by molar-refractivity contribution is 6.14. The first-order chi connectivity index (χ1) is 15.0. The van der Waals surface area contributed by atoms with Crippen LogP contribution in [-0.2, 0) is 14.3 Å². The topological polar surface area (TPSA) is 66.9 Å². The Kier molecular flexibility index (Phi) is 4.74. The van der Waals surface area contributed by atoms with Crippen molar-refractivity contribution in [1.29, 1.82) is 0 Å². The summed E-state index contributed by atoms with van der Waals surface area (Å²) in [6.07, 6.45) is 2.04. The van der Waals surface area contributed by atoms with E-state index in [2.05, 4.69) is 0 Å². The van der Waals surface area contributed by atoms with Crippen LogP contribution >= 0.6 is 0 Å². The van der Waals surface area contributed by atoms with Crippen molar-refractivity contribution in [3.05, 3.63) is 71.8 Å². The van der Waals surface area contributed by atoms with E-state index in [-0.39, 0.29) is 36.8 Å². The van der Waals surface area contributed by atoms with Gasteiger partial charge in [0.2, 0.25) is 11.8 Å². The lowest BCUT2D eigenvalue weighted by molar-refractivity contribution is -0.141.